The number of hydrogen-bond donors (Lipinski definition) is 1. The van der Waals surface area contributed by atoms with Crippen molar-refractivity contribution in [2.24, 2.45) is 0 Å². The van der Waals surface area contributed by atoms with Crippen LogP contribution in [0.2, 0.25) is 0 Å². The lowest BCUT2D eigenvalue weighted by atomic mass is 10.4. The second kappa shape index (κ2) is 10.3. The van der Waals surface area contributed by atoms with Crippen molar-refractivity contribution in [3.05, 3.63) is 11.9 Å². The van der Waals surface area contributed by atoms with Crippen LogP contribution in [0.25, 0.3) is 0 Å². The molecule has 1 N–H and O–H groups in total. The molecule has 0 unspecified atom stereocenters. The molecule has 0 radical (unpaired) electrons. The molecule has 0 spiro atoms. The number of anilines is 1. The summed E-state index contributed by atoms with van der Waals surface area (Å²) in [5.74, 6) is 2.02. The van der Waals surface area contributed by atoms with Crippen molar-refractivity contribution in [2.45, 2.75) is 34.3 Å². The molecular formula is C15H28N4O2. The van der Waals surface area contributed by atoms with Crippen LogP contribution in [0.5, 0.6) is 5.88 Å². The molecule has 0 amide bonds. The van der Waals surface area contributed by atoms with Gasteiger partial charge in [-0.25, -0.2) is 4.98 Å². The molecule has 0 saturated heterocycles. The van der Waals surface area contributed by atoms with E-state index >= 15 is 0 Å². The quantitative estimate of drug-likeness (QED) is 0.675. The van der Waals surface area contributed by atoms with E-state index in [1.54, 1.807) is 0 Å². The third-order valence-corrected chi connectivity index (χ3v) is 3.09. The van der Waals surface area contributed by atoms with Crippen LogP contribution < -0.4 is 10.1 Å². The molecular weight excluding hydrogens is 268 g/mol. The fourth-order valence-corrected chi connectivity index (χ4v) is 1.90. The number of rotatable bonds is 11. The smallest absolute Gasteiger partial charge is 0.218 e. The van der Waals surface area contributed by atoms with Crippen LogP contribution in [-0.2, 0) is 11.3 Å². The Morgan fingerprint density at radius 1 is 1.14 bits per heavy atom. The van der Waals surface area contributed by atoms with E-state index in [4.69, 9.17) is 9.47 Å². The molecule has 0 aliphatic heterocycles. The number of likely N-dealkylation sites (N-methyl/N-ethyl adjacent to an activating group) is 1. The second-order valence-electron chi connectivity index (χ2n) is 4.55. The zero-order chi connectivity index (χ0) is 15.5. The van der Waals surface area contributed by atoms with Gasteiger partial charge in [-0.3, -0.25) is 0 Å². The van der Waals surface area contributed by atoms with Crippen LogP contribution in [-0.4, -0.2) is 54.3 Å². The van der Waals surface area contributed by atoms with Gasteiger partial charge in [0.05, 0.1) is 0 Å². The van der Waals surface area contributed by atoms with E-state index in [9.17, 15) is 0 Å². The SMILES string of the molecule is CCNc1cc(OCCN(CC)CC)nc(COCC)n1. The molecule has 120 valence electrons. The Morgan fingerprint density at radius 2 is 1.90 bits per heavy atom. The Bertz CT molecular complexity index is 397. The first-order valence-electron chi connectivity index (χ1n) is 7.78. The predicted molar refractivity (Wildman–Crippen MR) is 84.8 cm³/mol. The Labute approximate surface area is 127 Å². The maximum Gasteiger partial charge on any atom is 0.218 e. The van der Waals surface area contributed by atoms with Crippen molar-refractivity contribution >= 4 is 5.82 Å². The monoisotopic (exact) mass is 296 g/mol. The van der Waals surface area contributed by atoms with E-state index in [2.05, 4.69) is 34.0 Å². The average molecular weight is 296 g/mol. The Balaban J connectivity index is 2.63. The predicted octanol–water partition coefficient (Wildman–Crippen LogP) is 2.17. The van der Waals surface area contributed by atoms with Gasteiger partial charge in [0.25, 0.3) is 0 Å². The molecule has 0 aromatic carbocycles. The van der Waals surface area contributed by atoms with Crippen molar-refractivity contribution in [1.82, 2.24) is 14.9 Å². The minimum atomic E-state index is 0.405. The third kappa shape index (κ3) is 6.73. The van der Waals surface area contributed by atoms with E-state index in [0.717, 1.165) is 32.0 Å². The van der Waals surface area contributed by atoms with E-state index < -0.39 is 0 Å². The molecule has 1 heterocycles. The van der Waals surface area contributed by atoms with Gasteiger partial charge in [-0.15, -0.1) is 0 Å². The molecule has 0 aliphatic rings. The highest BCUT2D eigenvalue weighted by Crippen LogP contribution is 2.14. The number of hydrogen-bond acceptors (Lipinski definition) is 6. The molecule has 21 heavy (non-hydrogen) atoms. The maximum atomic E-state index is 5.76. The van der Waals surface area contributed by atoms with Gasteiger partial charge in [0.15, 0.2) is 5.82 Å². The molecule has 0 aliphatic carbocycles. The number of aromatic nitrogens is 2. The molecule has 0 fully saturated rings. The van der Waals surface area contributed by atoms with Gasteiger partial charge in [-0.05, 0) is 26.9 Å². The molecule has 6 heteroatoms. The van der Waals surface area contributed by atoms with Crippen molar-refractivity contribution in [3.63, 3.8) is 0 Å². The molecule has 0 atom stereocenters. The fraction of sp³-hybridized carbons (Fsp3) is 0.733. The summed E-state index contributed by atoms with van der Waals surface area (Å²) in [7, 11) is 0. The van der Waals surface area contributed by atoms with Crippen molar-refractivity contribution in [3.8, 4) is 5.88 Å². The van der Waals surface area contributed by atoms with Crippen LogP contribution >= 0.6 is 0 Å². The van der Waals surface area contributed by atoms with E-state index in [1.165, 1.54) is 0 Å². The molecule has 0 saturated carbocycles. The van der Waals surface area contributed by atoms with Gasteiger partial charge < -0.3 is 19.7 Å². The highest BCUT2D eigenvalue weighted by Gasteiger charge is 2.06. The van der Waals surface area contributed by atoms with Gasteiger partial charge >= 0.3 is 0 Å². The summed E-state index contributed by atoms with van der Waals surface area (Å²) in [6, 6.07) is 1.83. The lowest BCUT2D eigenvalue weighted by molar-refractivity contribution is 0.127. The highest BCUT2D eigenvalue weighted by atomic mass is 16.5. The molecule has 0 bridgehead atoms. The normalized spacial score (nSPS) is 10.9. The van der Waals surface area contributed by atoms with Crippen LogP contribution in [0.1, 0.15) is 33.5 Å². The first kappa shape index (κ1) is 17.7. The van der Waals surface area contributed by atoms with Gasteiger partial charge in [0, 0.05) is 25.8 Å². The first-order chi connectivity index (χ1) is 10.2. The Hall–Kier alpha value is -1.40. The second-order valence-corrected chi connectivity index (χ2v) is 4.55. The minimum Gasteiger partial charge on any atom is -0.476 e. The number of nitrogens with zero attached hydrogens (tertiary/aromatic N) is 3. The zero-order valence-electron chi connectivity index (χ0n) is 13.7. The van der Waals surface area contributed by atoms with Crippen molar-refractivity contribution in [1.29, 1.82) is 0 Å². The first-order valence-corrected chi connectivity index (χ1v) is 7.78. The molecule has 1 rings (SSSR count). The summed E-state index contributed by atoms with van der Waals surface area (Å²) in [5.41, 5.74) is 0. The van der Waals surface area contributed by atoms with Gasteiger partial charge in [-0.2, -0.15) is 4.98 Å². The summed E-state index contributed by atoms with van der Waals surface area (Å²) in [6.45, 7) is 13.7. The van der Waals surface area contributed by atoms with Crippen molar-refractivity contribution < 1.29 is 9.47 Å². The summed E-state index contributed by atoms with van der Waals surface area (Å²) < 4.78 is 11.1. The third-order valence-electron chi connectivity index (χ3n) is 3.09. The zero-order valence-corrected chi connectivity index (χ0v) is 13.7. The van der Waals surface area contributed by atoms with Crippen LogP contribution in [0, 0.1) is 0 Å². The topological polar surface area (TPSA) is 59.5 Å². The minimum absolute atomic E-state index is 0.405. The molecule has 6 nitrogen and oxygen atoms in total. The number of nitrogens with one attached hydrogen (secondary N) is 1. The number of ether oxygens (including phenoxy) is 2. The van der Waals surface area contributed by atoms with E-state index in [0.29, 0.717) is 31.5 Å². The standard InChI is InChI=1S/C15H28N4O2/c1-5-16-13-11-15(18-14(17-13)12-20-8-4)21-10-9-19(6-2)7-3/h11H,5-10,12H2,1-4H3,(H,16,17,18). The molecule has 1 aromatic heterocycles. The lowest BCUT2D eigenvalue weighted by Crippen LogP contribution is -2.28. The lowest BCUT2D eigenvalue weighted by Gasteiger charge is -2.18. The summed E-state index contributed by atoms with van der Waals surface area (Å²) in [5, 5.41) is 3.19. The highest BCUT2D eigenvalue weighted by molar-refractivity contribution is 5.38. The van der Waals surface area contributed by atoms with Crippen LogP contribution in [0.4, 0.5) is 5.82 Å². The average Bonchev–Trinajstić information content (AvgIpc) is 2.50. The Kier molecular flexibility index (Phi) is 8.69. The van der Waals surface area contributed by atoms with E-state index in [-0.39, 0.29) is 0 Å². The largest absolute Gasteiger partial charge is 0.476 e. The van der Waals surface area contributed by atoms with Gasteiger partial charge in [0.2, 0.25) is 5.88 Å². The summed E-state index contributed by atoms with van der Waals surface area (Å²) in [6.07, 6.45) is 0. The van der Waals surface area contributed by atoms with Gasteiger partial charge in [-0.1, -0.05) is 13.8 Å². The fourth-order valence-electron chi connectivity index (χ4n) is 1.90. The summed E-state index contributed by atoms with van der Waals surface area (Å²) in [4.78, 5) is 11.1. The van der Waals surface area contributed by atoms with E-state index in [1.807, 2.05) is 19.9 Å². The van der Waals surface area contributed by atoms with Gasteiger partial charge in [0.1, 0.15) is 19.0 Å². The van der Waals surface area contributed by atoms with Crippen LogP contribution in [0.15, 0.2) is 6.07 Å². The van der Waals surface area contributed by atoms with Crippen molar-refractivity contribution in [2.75, 3.05) is 44.7 Å². The maximum absolute atomic E-state index is 5.76. The molecule has 1 aromatic rings. The summed E-state index contributed by atoms with van der Waals surface area (Å²) >= 11 is 0. The Morgan fingerprint density at radius 3 is 2.52 bits per heavy atom. The van der Waals surface area contributed by atoms with Crippen LogP contribution in [0.3, 0.4) is 0 Å².